The van der Waals surface area contributed by atoms with E-state index in [0.29, 0.717) is 18.2 Å². The number of rotatable bonds is 5. The summed E-state index contributed by atoms with van der Waals surface area (Å²) in [4.78, 5) is 24.1. The number of hydrogen-bond donors (Lipinski definition) is 0. The van der Waals surface area contributed by atoms with Crippen molar-refractivity contribution in [2.24, 2.45) is 5.92 Å². The van der Waals surface area contributed by atoms with Crippen molar-refractivity contribution in [3.8, 4) is 0 Å². The lowest BCUT2D eigenvalue weighted by atomic mass is 9.92. The minimum Gasteiger partial charge on any atom is -0.340 e. The molecule has 5 nitrogen and oxygen atoms in total. The number of pyridine rings is 1. The van der Waals surface area contributed by atoms with Gasteiger partial charge in [0, 0.05) is 57.3 Å². The zero-order chi connectivity index (χ0) is 19.3. The van der Waals surface area contributed by atoms with E-state index >= 15 is 0 Å². The van der Waals surface area contributed by atoms with Gasteiger partial charge in [0.15, 0.2) is 0 Å². The van der Waals surface area contributed by atoms with Crippen LogP contribution in [0.1, 0.15) is 31.2 Å². The minimum absolute atomic E-state index is 0.350. The molecule has 2 aromatic rings. The summed E-state index contributed by atoms with van der Waals surface area (Å²) in [5.41, 5.74) is 2.43. The third-order valence-electron chi connectivity index (χ3n) is 6.34. The summed E-state index contributed by atoms with van der Waals surface area (Å²) < 4.78 is 0. The first-order valence-electron chi connectivity index (χ1n) is 10.7. The largest absolute Gasteiger partial charge is 0.340 e. The van der Waals surface area contributed by atoms with Crippen molar-refractivity contribution < 1.29 is 4.79 Å². The highest BCUT2D eigenvalue weighted by Crippen LogP contribution is 2.25. The molecular formula is C23H32N4O. The summed E-state index contributed by atoms with van der Waals surface area (Å²) in [7, 11) is 2.13. The Labute approximate surface area is 168 Å². The van der Waals surface area contributed by atoms with Gasteiger partial charge in [-0.15, -0.1) is 0 Å². The number of piperazine rings is 1. The number of likely N-dealkylation sites (N-methyl/N-ethyl adjacent to an activating group) is 1. The van der Waals surface area contributed by atoms with Gasteiger partial charge in [-0.3, -0.25) is 14.7 Å². The lowest BCUT2D eigenvalue weighted by molar-refractivity contribution is -0.133. The summed E-state index contributed by atoms with van der Waals surface area (Å²) in [6.45, 7) is 6.98. The maximum atomic E-state index is 12.6. The molecule has 2 fully saturated rings. The van der Waals surface area contributed by atoms with Crippen LogP contribution in [0.3, 0.4) is 0 Å². The highest BCUT2D eigenvalue weighted by Gasteiger charge is 2.24. The predicted octanol–water partition coefficient (Wildman–Crippen LogP) is 3.00. The summed E-state index contributed by atoms with van der Waals surface area (Å²) >= 11 is 0. The molecule has 1 aromatic heterocycles. The number of nitrogens with zero attached hydrogens (tertiary/aromatic N) is 4. The molecule has 1 atom stereocenters. The number of benzene rings is 1. The van der Waals surface area contributed by atoms with Crippen LogP contribution < -0.4 is 0 Å². The molecule has 28 heavy (non-hydrogen) atoms. The lowest BCUT2D eigenvalue weighted by Crippen LogP contribution is -2.47. The van der Waals surface area contributed by atoms with Gasteiger partial charge < -0.3 is 9.80 Å². The number of piperidine rings is 1. The average Bonchev–Trinajstić information content (AvgIpc) is 2.73. The van der Waals surface area contributed by atoms with E-state index in [2.05, 4.69) is 51.0 Å². The van der Waals surface area contributed by atoms with Gasteiger partial charge in [0.05, 0.1) is 5.52 Å². The molecule has 0 radical (unpaired) electrons. The highest BCUT2D eigenvalue weighted by molar-refractivity contribution is 5.81. The fraction of sp³-hybridized carbons (Fsp3) is 0.565. The molecule has 3 heterocycles. The third kappa shape index (κ3) is 4.70. The molecule has 0 bridgehead atoms. The van der Waals surface area contributed by atoms with Crippen molar-refractivity contribution >= 4 is 16.8 Å². The summed E-state index contributed by atoms with van der Waals surface area (Å²) in [5, 5.41) is 1.21. The van der Waals surface area contributed by atoms with Crippen LogP contribution in [0.2, 0.25) is 0 Å². The van der Waals surface area contributed by atoms with Crippen molar-refractivity contribution in [1.29, 1.82) is 0 Å². The lowest BCUT2D eigenvalue weighted by Gasteiger charge is -2.34. The van der Waals surface area contributed by atoms with Crippen LogP contribution in [-0.4, -0.2) is 71.9 Å². The smallest absolute Gasteiger partial charge is 0.222 e. The van der Waals surface area contributed by atoms with Crippen LogP contribution >= 0.6 is 0 Å². The van der Waals surface area contributed by atoms with Crippen molar-refractivity contribution in [3.63, 3.8) is 0 Å². The van der Waals surface area contributed by atoms with Crippen molar-refractivity contribution in [3.05, 3.63) is 42.1 Å². The summed E-state index contributed by atoms with van der Waals surface area (Å²) in [6.07, 6.45) is 6.09. The fourth-order valence-electron chi connectivity index (χ4n) is 4.61. The first kappa shape index (κ1) is 19.3. The number of likely N-dealkylation sites (tertiary alicyclic amines) is 1. The van der Waals surface area contributed by atoms with E-state index in [0.717, 1.165) is 57.8 Å². The van der Waals surface area contributed by atoms with Gasteiger partial charge in [0.1, 0.15) is 0 Å². The molecule has 0 saturated carbocycles. The van der Waals surface area contributed by atoms with E-state index in [-0.39, 0.29) is 0 Å². The summed E-state index contributed by atoms with van der Waals surface area (Å²) in [6, 6.07) is 10.6. The molecule has 1 unspecified atom stereocenters. The maximum Gasteiger partial charge on any atom is 0.222 e. The van der Waals surface area contributed by atoms with Crippen molar-refractivity contribution in [2.75, 3.05) is 46.3 Å². The maximum absolute atomic E-state index is 12.6. The zero-order valence-electron chi connectivity index (χ0n) is 17.0. The first-order chi connectivity index (χ1) is 13.7. The number of fused-ring (bicyclic) bond motifs is 1. The van der Waals surface area contributed by atoms with E-state index in [1.54, 1.807) is 0 Å². The van der Waals surface area contributed by atoms with Crippen LogP contribution in [0.25, 0.3) is 10.9 Å². The number of aromatic nitrogens is 1. The number of carbonyl (C=O) groups is 1. The van der Waals surface area contributed by atoms with Crippen LogP contribution in [0.5, 0.6) is 0 Å². The molecule has 0 aliphatic carbocycles. The van der Waals surface area contributed by atoms with Gasteiger partial charge in [-0.25, -0.2) is 0 Å². The monoisotopic (exact) mass is 380 g/mol. The number of hydrogen-bond acceptors (Lipinski definition) is 4. The molecule has 0 spiro atoms. The Hall–Kier alpha value is -1.98. The molecule has 5 heteroatoms. The Kier molecular flexibility index (Phi) is 6.23. The molecule has 150 valence electrons. The van der Waals surface area contributed by atoms with E-state index in [9.17, 15) is 4.79 Å². The normalized spacial score (nSPS) is 21.9. The number of amides is 1. The van der Waals surface area contributed by atoms with Gasteiger partial charge in [-0.2, -0.15) is 0 Å². The summed E-state index contributed by atoms with van der Waals surface area (Å²) in [5.74, 6) is 0.983. The first-order valence-corrected chi connectivity index (χ1v) is 10.7. The van der Waals surface area contributed by atoms with Crippen LogP contribution in [-0.2, 0) is 11.3 Å². The molecule has 4 rings (SSSR count). The quantitative estimate of drug-likeness (QED) is 0.799. The second kappa shape index (κ2) is 9.01. The topological polar surface area (TPSA) is 39.7 Å². The second-order valence-corrected chi connectivity index (χ2v) is 8.46. The Morgan fingerprint density at radius 3 is 2.79 bits per heavy atom. The van der Waals surface area contributed by atoms with Crippen molar-refractivity contribution in [2.45, 2.75) is 32.2 Å². The van der Waals surface area contributed by atoms with Crippen LogP contribution in [0, 0.1) is 5.92 Å². The van der Waals surface area contributed by atoms with Gasteiger partial charge in [0.25, 0.3) is 0 Å². The van der Waals surface area contributed by atoms with Gasteiger partial charge in [-0.1, -0.05) is 24.3 Å². The third-order valence-corrected chi connectivity index (χ3v) is 6.34. The van der Waals surface area contributed by atoms with E-state index in [1.165, 1.54) is 23.8 Å². The standard InChI is InChI=1S/C23H32N4O/c1-25-13-15-27(16-14-25)22(28)10-9-19-5-4-12-26(17-19)18-21-7-2-6-20-8-3-11-24-23(20)21/h2-3,6-8,11,19H,4-5,9-10,12-18H2,1H3. The molecular weight excluding hydrogens is 348 g/mol. The minimum atomic E-state index is 0.350. The van der Waals surface area contributed by atoms with Crippen LogP contribution in [0.4, 0.5) is 0 Å². The molecule has 2 aliphatic heterocycles. The molecule has 1 aromatic carbocycles. The van der Waals surface area contributed by atoms with E-state index in [1.807, 2.05) is 12.3 Å². The van der Waals surface area contributed by atoms with Crippen LogP contribution in [0.15, 0.2) is 36.5 Å². The SMILES string of the molecule is CN1CCN(C(=O)CCC2CCCN(Cc3cccc4cccnc34)C2)CC1. The fourth-order valence-corrected chi connectivity index (χ4v) is 4.61. The number of carbonyl (C=O) groups excluding carboxylic acids is 1. The van der Waals surface area contributed by atoms with Gasteiger partial charge in [0.2, 0.25) is 5.91 Å². The van der Waals surface area contributed by atoms with Gasteiger partial charge >= 0.3 is 0 Å². The molecule has 2 aliphatic rings. The Bertz CT molecular complexity index is 795. The van der Waals surface area contributed by atoms with E-state index < -0.39 is 0 Å². The van der Waals surface area contributed by atoms with Crippen molar-refractivity contribution in [1.82, 2.24) is 19.7 Å². The molecule has 2 saturated heterocycles. The van der Waals surface area contributed by atoms with Gasteiger partial charge in [-0.05, 0) is 50.4 Å². The Balaban J connectivity index is 1.30. The average molecular weight is 381 g/mol. The molecule has 1 amide bonds. The Morgan fingerprint density at radius 1 is 1.11 bits per heavy atom. The Morgan fingerprint density at radius 2 is 1.93 bits per heavy atom. The highest BCUT2D eigenvalue weighted by atomic mass is 16.2. The van der Waals surface area contributed by atoms with E-state index in [4.69, 9.17) is 0 Å². The molecule has 0 N–H and O–H groups in total. The number of para-hydroxylation sites is 1. The predicted molar refractivity (Wildman–Crippen MR) is 113 cm³/mol. The second-order valence-electron chi connectivity index (χ2n) is 8.46. The zero-order valence-corrected chi connectivity index (χ0v) is 17.0.